The Balaban J connectivity index is 2.57. The summed E-state index contributed by atoms with van der Waals surface area (Å²) in [5.74, 6) is 0.105. The first kappa shape index (κ1) is 17.1. The minimum atomic E-state index is -0.180. The lowest BCUT2D eigenvalue weighted by Crippen LogP contribution is -2.48. The Morgan fingerprint density at radius 2 is 1.70 bits per heavy atom. The average molecular weight is 293 g/mol. The molecule has 1 N–H and O–H groups in total. The van der Waals surface area contributed by atoms with E-state index in [9.17, 15) is 4.79 Å². The zero-order valence-corrected chi connectivity index (χ0v) is 14.3. The third kappa shape index (κ3) is 6.47. The molecule has 0 fully saturated rings. The molecule has 0 aliphatic carbocycles. The van der Waals surface area contributed by atoms with Crippen LogP contribution in [0.5, 0.6) is 0 Å². The normalized spacial score (nSPS) is 13.9. The van der Waals surface area contributed by atoms with Gasteiger partial charge in [-0.3, -0.25) is 4.79 Å². The zero-order chi connectivity index (χ0) is 15.4. The maximum absolute atomic E-state index is 12.3. The van der Waals surface area contributed by atoms with Gasteiger partial charge in [0.05, 0.1) is 5.25 Å². The lowest BCUT2D eigenvalue weighted by Gasteiger charge is -2.34. The highest BCUT2D eigenvalue weighted by Crippen LogP contribution is 2.28. The molecule has 2 nitrogen and oxygen atoms in total. The van der Waals surface area contributed by atoms with E-state index in [1.165, 1.54) is 0 Å². The van der Waals surface area contributed by atoms with E-state index >= 15 is 0 Å². The Morgan fingerprint density at radius 1 is 1.15 bits per heavy atom. The van der Waals surface area contributed by atoms with Crippen LogP contribution in [0.1, 0.15) is 48.0 Å². The van der Waals surface area contributed by atoms with Crippen molar-refractivity contribution in [3.8, 4) is 0 Å². The summed E-state index contributed by atoms with van der Waals surface area (Å²) in [6, 6.07) is 10.1. The lowest BCUT2D eigenvalue weighted by atomic mass is 9.82. The van der Waals surface area contributed by atoms with E-state index in [4.69, 9.17) is 0 Å². The maximum atomic E-state index is 12.3. The number of benzene rings is 1. The summed E-state index contributed by atoms with van der Waals surface area (Å²) < 4.78 is 0. The first-order chi connectivity index (χ1) is 9.09. The largest absolute Gasteiger partial charge is 0.350 e. The number of rotatable bonds is 5. The van der Waals surface area contributed by atoms with Gasteiger partial charge in [0.15, 0.2) is 0 Å². The van der Waals surface area contributed by atoms with Gasteiger partial charge in [-0.1, -0.05) is 39.0 Å². The van der Waals surface area contributed by atoms with Crippen molar-refractivity contribution in [2.24, 2.45) is 5.41 Å². The fraction of sp³-hybridized carbons (Fsp3) is 0.588. The van der Waals surface area contributed by atoms with Crippen molar-refractivity contribution < 1.29 is 4.79 Å². The SMILES string of the molecule is C[C@@H](Sc1ccccc1)C(=O)NC(C)(C)CC(C)(C)C. The Kier molecular flexibility index (Phi) is 5.69. The fourth-order valence-corrected chi connectivity index (χ4v) is 3.45. The van der Waals surface area contributed by atoms with Crippen LogP contribution in [0.15, 0.2) is 35.2 Å². The molecular weight excluding hydrogens is 266 g/mol. The van der Waals surface area contributed by atoms with E-state index < -0.39 is 0 Å². The van der Waals surface area contributed by atoms with Gasteiger partial charge in [0, 0.05) is 10.4 Å². The number of carbonyl (C=O) groups excluding carboxylic acids is 1. The molecule has 0 heterocycles. The minimum Gasteiger partial charge on any atom is -0.350 e. The lowest BCUT2D eigenvalue weighted by molar-refractivity contribution is -0.122. The molecule has 20 heavy (non-hydrogen) atoms. The molecule has 1 rings (SSSR count). The highest BCUT2D eigenvalue weighted by Gasteiger charge is 2.28. The topological polar surface area (TPSA) is 29.1 Å². The monoisotopic (exact) mass is 293 g/mol. The predicted molar refractivity (Wildman–Crippen MR) is 88.1 cm³/mol. The van der Waals surface area contributed by atoms with Gasteiger partial charge in [0.1, 0.15) is 0 Å². The molecule has 0 aliphatic rings. The van der Waals surface area contributed by atoms with Gasteiger partial charge in [-0.2, -0.15) is 0 Å². The van der Waals surface area contributed by atoms with Crippen molar-refractivity contribution in [2.75, 3.05) is 0 Å². The molecule has 3 heteroatoms. The second-order valence-electron chi connectivity index (χ2n) is 7.18. The third-order valence-electron chi connectivity index (χ3n) is 2.86. The molecule has 0 aliphatic heterocycles. The first-order valence-corrected chi connectivity index (χ1v) is 8.01. The van der Waals surface area contributed by atoms with Crippen molar-refractivity contribution in [1.29, 1.82) is 0 Å². The minimum absolute atomic E-state index is 0.0864. The van der Waals surface area contributed by atoms with Gasteiger partial charge < -0.3 is 5.32 Å². The molecule has 0 saturated carbocycles. The van der Waals surface area contributed by atoms with Crippen molar-refractivity contribution in [3.05, 3.63) is 30.3 Å². The average Bonchev–Trinajstić information content (AvgIpc) is 2.26. The van der Waals surface area contributed by atoms with Crippen LogP contribution in [0.25, 0.3) is 0 Å². The number of nitrogens with one attached hydrogen (secondary N) is 1. The second-order valence-corrected chi connectivity index (χ2v) is 8.60. The predicted octanol–water partition coefficient (Wildman–Crippen LogP) is 4.50. The number of carbonyl (C=O) groups is 1. The molecule has 0 bridgehead atoms. The van der Waals surface area contributed by atoms with E-state index in [0.29, 0.717) is 0 Å². The van der Waals surface area contributed by atoms with Crippen molar-refractivity contribution >= 4 is 17.7 Å². The Bertz CT molecular complexity index is 434. The summed E-state index contributed by atoms with van der Waals surface area (Å²) in [4.78, 5) is 13.4. The van der Waals surface area contributed by atoms with E-state index in [1.54, 1.807) is 11.8 Å². The van der Waals surface area contributed by atoms with Crippen molar-refractivity contribution in [1.82, 2.24) is 5.32 Å². The molecule has 0 aromatic heterocycles. The van der Waals surface area contributed by atoms with E-state index in [0.717, 1.165) is 11.3 Å². The van der Waals surface area contributed by atoms with Crippen LogP contribution >= 0.6 is 11.8 Å². The summed E-state index contributed by atoms with van der Waals surface area (Å²) in [5, 5.41) is 3.09. The second kappa shape index (κ2) is 6.66. The zero-order valence-electron chi connectivity index (χ0n) is 13.5. The summed E-state index contributed by atoms with van der Waals surface area (Å²) in [6.07, 6.45) is 0.953. The molecule has 0 radical (unpaired) electrons. The summed E-state index contributed by atoms with van der Waals surface area (Å²) in [5.41, 5.74) is 0.0213. The molecule has 1 atom stereocenters. The van der Waals surface area contributed by atoms with Crippen LogP contribution in [-0.2, 0) is 4.79 Å². The van der Waals surface area contributed by atoms with Crippen LogP contribution < -0.4 is 5.32 Å². The summed E-state index contributed by atoms with van der Waals surface area (Å²) in [7, 11) is 0. The highest BCUT2D eigenvalue weighted by atomic mass is 32.2. The molecule has 0 saturated heterocycles. The Morgan fingerprint density at radius 3 is 2.20 bits per heavy atom. The molecule has 1 aromatic carbocycles. The van der Waals surface area contributed by atoms with E-state index in [2.05, 4.69) is 39.9 Å². The van der Waals surface area contributed by atoms with Crippen LogP contribution in [-0.4, -0.2) is 16.7 Å². The van der Waals surface area contributed by atoms with Crippen LogP contribution in [0, 0.1) is 5.41 Å². The molecule has 0 unspecified atom stereocenters. The fourth-order valence-electron chi connectivity index (χ4n) is 2.56. The van der Waals surface area contributed by atoms with Gasteiger partial charge in [-0.05, 0) is 44.7 Å². The molecule has 1 amide bonds. The summed E-state index contributed by atoms with van der Waals surface area (Å²) in [6.45, 7) is 12.7. The maximum Gasteiger partial charge on any atom is 0.233 e. The van der Waals surface area contributed by atoms with E-state index in [1.807, 2.05) is 37.3 Å². The quantitative estimate of drug-likeness (QED) is 0.810. The first-order valence-electron chi connectivity index (χ1n) is 7.13. The van der Waals surface area contributed by atoms with Gasteiger partial charge in [0.2, 0.25) is 5.91 Å². The standard InChI is InChI=1S/C17H27NOS/c1-13(20-14-10-8-7-9-11-14)15(19)18-17(5,6)12-16(2,3)4/h7-11,13H,12H2,1-6H3,(H,18,19)/t13-/m1/s1. The third-order valence-corrected chi connectivity index (χ3v) is 3.97. The Labute approximate surface area is 127 Å². The van der Waals surface area contributed by atoms with Gasteiger partial charge in [-0.25, -0.2) is 0 Å². The van der Waals surface area contributed by atoms with Crippen LogP contribution in [0.4, 0.5) is 0 Å². The number of amides is 1. The van der Waals surface area contributed by atoms with Crippen LogP contribution in [0.2, 0.25) is 0 Å². The van der Waals surface area contributed by atoms with Gasteiger partial charge >= 0.3 is 0 Å². The smallest absolute Gasteiger partial charge is 0.233 e. The number of thioether (sulfide) groups is 1. The molecule has 1 aromatic rings. The van der Waals surface area contributed by atoms with Crippen molar-refractivity contribution in [3.63, 3.8) is 0 Å². The number of hydrogen-bond acceptors (Lipinski definition) is 2. The molecule has 112 valence electrons. The van der Waals surface area contributed by atoms with Crippen molar-refractivity contribution in [2.45, 2.75) is 63.6 Å². The molecule has 0 spiro atoms. The van der Waals surface area contributed by atoms with Gasteiger partial charge in [-0.15, -0.1) is 11.8 Å². The van der Waals surface area contributed by atoms with Crippen LogP contribution in [0.3, 0.4) is 0 Å². The molecular formula is C17H27NOS. The summed E-state index contributed by atoms with van der Waals surface area (Å²) >= 11 is 1.60. The van der Waals surface area contributed by atoms with Gasteiger partial charge in [0.25, 0.3) is 0 Å². The number of hydrogen-bond donors (Lipinski definition) is 1. The van der Waals surface area contributed by atoms with E-state index in [-0.39, 0.29) is 22.1 Å². The Hall–Kier alpha value is -0.960. The highest BCUT2D eigenvalue weighted by molar-refractivity contribution is 8.00.